The molecule has 19 heavy (non-hydrogen) atoms. The fraction of sp³-hybridized carbons (Fsp3) is 0.562. The standard InChI is InChI=1S/C16H22N2O/c1-16(2)8-10-18(13-16)11-12-19-15-5-3-14(4-6-15)7-9-17/h3-6H,7-8,10-13H2,1-2H3. The van der Waals surface area contributed by atoms with E-state index in [1.54, 1.807) is 0 Å². The van der Waals surface area contributed by atoms with Crippen molar-refractivity contribution in [2.24, 2.45) is 5.41 Å². The van der Waals surface area contributed by atoms with Crippen LogP contribution in [-0.4, -0.2) is 31.1 Å². The number of benzene rings is 1. The summed E-state index contributed by atoms with van der Waals surface area (Å²) in [7, 11) is 0. The molecule has 0 atom stereocenters. The van der Waals surface area contributed by atoms with Crippen LogP contribution in [0.4, 0.5) is 0 Å². The molecular weight excluding hydrogens is 236 g/mol. The maximum atomic E-state index is 8.61. The number of hydrogen-bond acceptors (Lipinski definition) is 3. The Morgan fingerprint density at radius 2 is 2.05 bits per heavy atom. The highest BCUT2D eigenvalue weighted by atomic mass is 16.5. The number of likely N-dealkylation sites (tertiary alicyclic amines) is 1. The summed E-state index contributed by atoms with van der Waals surface area (Å²) in [5.74, 6) is 0.889. The van der Waals surface area contributed by atoms with Crippen LogP contribution in [0.1, 0.15) is 25.8 Å². The highest BCUT2D eigenvalue weighted by Gasteiger charge is 2.28. The molecule has 0 spiro atoms. The molecule has 1 aliphatic rings. The molecule has 0 amide bonds. The van der Waals surface area contributed by atoms with Crippen LogP contribution in [0.5, 0.6) is 5.75 Å². The minimum atomic E-state index is 0.457. The molecule has 0 unspecified atom stereocenters. The van der Waals surface area contributed by atoms with Crippen LogP contribution in [0.15, 0.2) is 24.3 Å². The van der Waals surface area contributed by atoms with Gasteiger partial charge >= 0.3 is 0 Å². The number of rotatable bonds is 5. The lowest BCUT2D eigenvalue weighted by atomic mass is 9.93. The van der Waals surface area contributed by atoms with Crippen molar-refractivity contribution in [2.45, 2.75) is 26.7 Å². The van der Waals surface area contributed by atoms with Crippen LogP contribution in [0, 0.1) is 16.7 Å². The molecule has 0 N–H and O–H groups in total. The van der Waals surface area contributed by atoms with Gasteiger partial charge in [0.25, 0.3) is 0 Å². The Balaban J connectivity index is 1.73. The van der Waals surface area contributed by atoms with Gasteiger partial charge < -0.3 is 4.74 Å². The third kappa shape index (κ3) is 4.25. The molecular formula is C16H22N2O. The topological polar surface area (TPSA) is 36.3 Å². The van der Waals surface area contributed by atoms with Gasteiger partial charge in [0.05, 0.1) is 12.5 Å². The van der Waals surface area contributed by atoms with Crippen LogP contribution in [0.2, 0.25) is 0 Å². The van der Waals surface area contributed by atoms with E-state index in [1.165, 1.54) is 13.0 Å². The summed E-state index contributed by atoms with van der Waals surface area (Å²) in [4.78, 5) is 2.46. The quantitative estimate of drug-likeness (QED) is 0.815. The van der Waals surface area contributed by atoms with Crippen molar-refractivity contribution < 1.29 is 4.74 Å². The molecule has 1 saturated heterocycles. The Kier molecular flexibility index (Phi) is 4.44. The van der Waals surface area contributed by atoms with E-state index in [9.17, 15) is 0 Å². The van der Waals surface area contributed by atoms with Crippen molar-refractivity contribution in [1.82, 2.24) is 4.90 Å². The Morgan fingerprint density at radius 1 is 1.32 bits per heavy atom. The molecule has 2 rings (SSSR count). The average molecular weight is 258 g/mol. The van der Waals surface area contributed by atoms with E-state index in [2.05, 4.69) is 24.8 Å². The summed E-state index contributed by atoms with van der Waals surface area (Å²) in [6, 6.07) is 9.95. The van der Waals surface area contributed by atoms with E-state index >= 15 is 0 Å². The van der Waals surface area contributed by atoms with Gasteiger partial charge in [0.2, 0.25) is 0 Å². The molecule has 1 heterocycles. The van der Waals surface area contributed by atoms with Gasteiger partial charge in [-0.2, -0.15) is 5.26 Å². The molecule has 1 aliphatic heterocycles. The molecule has 102 valence electrons. The van der Waals surface area contributed by atoms with Gasteiger partial charge in [-0.1, -0.05) is 26.0 Å². The molecule has 0 aromatic heterocycles. The van der Waals surface area contributed by atoms with E-state index in [1.807, 2.05) is 24.3 Å². The minimum Gasteiger partial charge on any atom is -0.492 e. The highest BCUT2D eigenvalue weighted by Crippen LogP contribution is 2.28. The lowest BCUT2D eigenvalue weighted by Crippen LogP contribution is -2.27. The number of nitriles is 1. The normalized spacial score (nSPS) is 18.2. The minimum absolute atomic E-state index is 0.457. The zero-order valence-electron chi connectivity index (χ0n) is 11.9. The van der Waals surface area contributed by atoms with Crippen LogP contribution in [-0.2, 0) is 6.42 Å². The summed E-state index contributed by atoms with van der Waals surface area (Å²) in [5, 5.41) is 8.61. The largest absolute Gasteiger partial charge is 0.492 e. The number of nitrogens with zero attached hydrogens (tertiary/aromatic N) is 2. The van der Waals surface area contributed by atoms with Crippen molar-refractivity contribution in [3.8, 4) is 11.8 Å². The predicted molar refractivity (Wildman–Crippen MR) is 76.1 cm³/mol. The lowest BCUT2D eigenvalue weighted by Gasteiger charge is -2.19. The fourth-order valence-corrected chi connectivity index (χ4v) is 2.50. The van der Waals surface area contributed by atoms with E-state index in [-0.39, 0.29) is 0 Å². The Labute approximate surface area is 115 Å². The molecule has 3 nitrogen and oxygen atoms in total. The van der Waals surface area contributed by atoms with E-state index in [0.29, 0.717) is 11.8 Å². The van der Waals surface area contributed by atoms with Crippen molar-refractivity contribution in [3.63, 3.8) is 0 Å². The molecule has 1 aromatic rings. The second kappa shape index (κ2) is 6.08. The first-order valence-corrected chi connectivity index (χ1v) is 6.90. The number of hydrogen-bond donors (Lipinski definition) is 0. The van der Waals surface area contributed by atoms with Crippen LogP contribution in [0.25, 0.3) is 0 Å². The third-order valence-electron chi connectivity index (χ3n) is 3.64. The van der Waals surface area contributed by atoms with E-state index < -0.39 is 0 Å². The number of ether oxygens (including phenoxy) is 1. The van der Waals surface area contributed by atoms with Gasteiger partial charge in [-0.25, -0.2) is 0 Å². The predicted octanol–water partition coefficient (Wildman–Crippen LogP) is 2.86. The first kappa shape index (κ1) is 13.9. The first-order chi connectivity index (χ1) is 9.09. The Bertz CT molecular complexity index is 445. The van der Waals surface area contributed by atoms with Crippen molar-refractivity contribution in [2.75, 3.05) is 26.2 Å². The molecule has 3 heteroatoms. The summed E-state index contributed by atoms with van der Waals surface area (Å²) >= 11 is 0. The summed E-state index contributed by atoms with van der Waals surface area (Å²) in [6.07, 6.45) is 1.74. The zero-order valence-corrected chi connectivity index (χ0v) is 11.9. The molecule has 0 bridgehead atoms. The van der Waals surface area contributed by atoms with Gasteiger partial charge in [-0.15, -0.1) is 0 Å². The van der Waals surface area contributed by atoms with Crippen LogP contribution >= 0.6 is 0 Å². The fourth-order valence-electron chi connectivity index (χ4n) is 2.50. The maximum absolute atomic E-state index is 8.61. The maximum Gasteiger partial charge on any atom is 0.119 e. The van der Waals surface area contributed by atoms with Crippen molar-refractivity contribution >= 4 is 0 Å². The molecule has 0 aliphatic carbocycles. The van der Waals surface area contributed by atoms with Crippen molar-refractivity contribution in [1.29, 1.82) is 5.26 Å². The highest BCUT2D eigenvalue weighted by molar-refractivity contribution is 5.28. The van der Waals surface area contributed by atoms with Gasteiger partial charge in [0, 0.05) is 13.1 Å². The lowest BCUT2D eigenvalue weighted by molar-refractivity contribution is 0.222. The molecule has 0 radical (unpaired) electrons. The van der Waals surface area contributed by atoms with Gasteiger partial charge in [-0.3, -0.25) is 4.90 Å². The monoisotopic (exact) mass is 258 g/mol. The molecule has 0 saturated carbocycles. The smallest absolute Gasteiger partial charge is 0.119 e. The Hall–Kier alpha value is -1.53. The summed E-state index contributed by atoms with van der Waals surface area (Å²) in [5.41, 5.74) is 1.50. The van der Waals surface area contributed by atoms with Gasteiger partial charge in [0.1, 0.15) is 12.4 Å². The third-order valence-corrected chi connectivity index (χ3v) is 3.64. The van der Waals surface area contributed by atoms with Gasteiger partial charge in [-0.05, 0) is 36.1 Å². The van der Waals surface area contributed by atoms with Crippen LogP contribution < -0.4 is 4.74 Å². The van der Waals surface area contributed by atoms with Crippen molar-refractivity contribution in [3.05, 3.63) is 29.8 Å². The molecule has 1 fully saturated rings. The van der Waals surface area contributed by atoms with E-state index in [0.717, 1.165) is 31.0 Å². The Morgan fingerprint density at radius 3 is 2.63 bits per heavy atom. The SMILES string of the molecule is CC1(C)CCN(CCOc2ccc(CC#N)cc2)C1. The first-order valence-electron chi connectivity index (χ1n) is 6.90. The average Bonchev–Trinajstić information content (AvgIpc) is 2.72. The summed E-state index contributed by atoms with van der Waals surface area (Å²) in [6.45, 7) is 8.70. The second-order valence-electron chi connectivity index (χ2n) is 6.02. The van der Waals surface area contributed by atoms with E-state index in [4.69, 9.17) is 10.00 Å². The second-order valence-corrected chi connectivity index (χ2v) is 6.02. The van der Waals surface area contributed by atoms with Crippen LogP contribution in [0.3, 0.4) is 0 Å². The zero-order chi connectivity index (χ0) is 13.7. The van der Waals surface area contributed by atoms with Gasteiger partial charge in [0.15, 0.2) is 0 Å². The molecule has 1 aromatic carbocycles. The summed E-state index contributed by atoms with van der Waals surface area (Å²) < 4.78 is 5.74.